The van der Waals surface area contributed by atoms with Crippen LogP contribution in [0.5, 0.6) is 0 Å². The molecule has 150 valence electrons. The van der Waals surface area contributed by atoms with Crippen molar-refractivity contribution in [2.24, 2.45) is 17.8 Å². The second-order valence-corrected chi connectivity index (χ2v) is 9.18. The molecule has 2 aromatic carbocycles. The third-order valence-corrected chi connectivity index (χ3v) is 7.23. The number of nitrogens with one attached hydrogen (secondary N) is 1. The summed E-state index contributed by atoms with van der Waals surface area (Å²) in [6.45, 7) is 2.16. The highest BCUT2D eigenvalue weighted by molar-refractivity contribution is 6.31. The number of amides is 1. The van der Waals surface area contributed by atoms with Crippen molar-refractivity contribution < 1.29 is 4.79 Å². The van der Waals surface area contributed by atoms with Crippen molar-refractivity contribution in [3.63, 3.8) is 0 Å². The largest absolute Gasteiger partial charge is 0.349 e. The van der Waals surface area contributed by atoms with E-state index in [1.54, 1.807) is 24.3 Å². The SMILES string of the molecule is CC[C@@H](NC(=O)c1ccc(Cl)cc1)[C@H]1[C@@H]2C[C@@H](n3cnc4ccc(Cl)cc43)C[C@@H]21. The Balaban J connectivity index is 1.25. The summed E-state index contributed by atoms with van der Waals surface area (Å²) >= 11 is 12.1. The Bertz CT molecular complexity index is 1050. The molecular formula is C23H23Cl2N3O. The Kier molecular flexibility index (Phi) is 4.79. The van der Waals surface area contributed by atoms with Crippen LogP contribution in [0.15, 0.2) is 48.8 Å². The number of rotatable bonds is 5. The van der Waals surface area contributed by atoms with Crippen LogP contribution in [0.1, 0.15) is 42.6 Å². The Morgan fingerprint density at radius 1 is 1.14 bits per heavy atom. The summed E-state index contributed by atoms with van der Waals surface area (Å²) in [6, 6.07) is 13.6. The summed E-state index contributed by atoms with van der Waals surface area (Å²) in [5.41, 5.74) is 2.77. The minimum absolute atomic E-state index is 0.00899. The van der Waals surface area contributed by atoms with Crippen LogP contribution in [0.2, 0.25) is 10.0 Å². The molecule has 0 radical (unpaired) electrons. The van der Waals surface area contributed by atoms with Crippen LogP contribution < -0.4 is 5.32 Å². The van der Waals surface area contributed by atoms with Gasteiger partial charge in [0.05, 0.1) is 17.4 Å². The number of fused-ring (bicyclic) bond motifs is 2. The van der Waals surface area contributed by atoms with Gasteiger partial charge in [0.15, 0.2) is 0 Å². The van der Waals surface area contributed by atoms with E-state index in [0.717, 1.165) is 35.3 Å². The van der Waals surface area contributed by atoms with Crippen LogP contribution in [0.25, 0.3) is 11.0 Å². The zero-order valence-corrected chi connectivity index (χ0v) is 17.7. The lowest BCUT2D eigenvalue weighted by atomic mass is 9.99. The van der Waals surface area contributed by atoms with E-state index in [1.165, 1.54) is 0 Å². The number of hydrogen-bond donors (Lipinski definition) is 1. The smallest absolute Gasteiger partial charge is 0.251 e. The first-order valence-electron chi connectivity index (χ1n) is 10.2. The van der Waals surface area contributed by atoms with E-state index in [4.69, 9.17) is 23.2 Å². The molecule has 4 nitrogen and oxygen atoms in total. The van der Waals surface area contributed by atoms with Gasteiger partial charge in [-0.1, -0.05) is 30.1 Å². The minimum atomic E-state index is -0.00899. The summed E-state index contributed by atoms with van der Waals surface area (Å²) in [5.74, 6) is 1.91. The van der Waals surface area contributed by atoms with Gasteiger partial charge in [0.1, 0.15) is 0 Å². The monoisotopic (exact) mass is 427 g/mol. The van der Waals surface area contributed by atoms with Gasteiger partial charge in [-0.25, -0.2) is 4.98 Å². The number of imidazole rings is 1. The zero-order valence-electron chi connectivity index (χ0n) is 16.2. The Morgan fingerprint density at radius 2 is 1.83 bits per heavy atom. The van der Waals surface area contributed by atoms with Crippen molar-refractivity contribution >= 4 is 40.1 Å². The van der Waals surface area contributed by atoms with E-state index >= 15 is 0 Å². The van der Waals surface area contributed by atoms with E-state index in [1.807, 2.05) is 24.5 Å². The molecule has 0 unspecified atom stereocenters. The molecule has 1 heterocycles. The van der Waals surface area contributed by atoms with E-state index in [0.29, 0.717) is 34.4 Å². The molecule has 5 atom stereocenters. The van der Waals surface area contributed by atoms with Crippen LogP contribution in [0.4, 0.5) is 0 Å². The lowest BCUT2D eigenvalue weighted by Gasteiger charge is -2.22. The molecule has 0 aliphatic heterocycles. The predicted octanol–water partition coefficient (Wildman–Crippen LogP) is 5.75. The standard InChI is InChI=1S/C23H23Cl2N3O/c1-2-19(27-23(29)13-3-5-14(24)6-4-13)22-17-10-16(11-18(17)22)28-12-26-20-8-7-15(25)9-21(20)28/h3-9,12,16-19,22H,2,10-11H2,1H3,(H,27,29)/t16-,17-,18+,19-,22+/m1/s1. The van der Waals surface area contributed by atoms with Gasteiger partial charge in [-0.15, -0.1) is 0 Å². The second-order valence-electron chi connectivity index (χ2n) is 8.31. The fraction of sp³-hybridized carbons (Fsp3) is 0.391. The van der Waals surface area contributed by atoms with Gasteiger partial charge in [0.2, 0.25) is 0 Å². The van der Waals surface area contributed by atoms with Gasteiger partial charge in [-0.3, -0.25) is 4.79 Å². The van der Waals surface area contributed by atoms with Crippen molar-refractivity contribution in [2.75, 3.05) is 0 Å². The molecular weight excluding hydrogens is 405 g/mol. The first-order chi connectivity index (χ1) is 14.0. The fourth-order valence-electron chi connectivity index (χ4n) is 5.30. The highest BCUT2D eigenvalue weighted by atomic mass is 35.5. The topological polar surface area (TPSA) is 46.9 Å². The molecule has 2 fully saturated rings. The molecule has 2 aliphatic carbocycles. The average Bonchev–Trinajstić information content (AvgIpc) is 3.06. The normalized spacial score (nSPS) is 26.3. The molecule has 29 heavy (non-hydrogen) atoms. The third-order valence-electron chi connectivity index (χ3n) is 6.74. The molecule has 1 aromatic heterocycles. The van der Waals surface area contributed by atoms with Crippen LogP contribution >= 0.6 is 23.2 Å². The lowest BCUT2D eigenvalue weighted by molar-refractivity contribution is 0.0927. The third kappa shape index (κ3) is 3.43. The van der Waals surface area contributed by atoms with E-state index < -0.39 is 0 Å². The molecule has 1 amide bonds. The summed E-state index contributed by atoms with van der Waals surface area (Å²) < 4.78 is 2.29. The average molecular weight is 428 g/mol. The summed E-state index contributed by atoms with van der Waals surface area (Å²) in [6.07, 6.45) is 5.18. The Hall–Kier alpha value is -2.04. The molecule has 1 N–H and O–H groups in total. The van der Waals surface area contributed by atoms with E-state index in [2.05, 4.69) is 21.8 Å². The van der Waals surface area contributed by atoms with E-state index in [9.17, 15) is 4.79 Å². The molecule has 0 bridgehead atoms. The van der Waals surface area contributed by atoms with Crippen molar-refractivity contribution in [1.29, 1.82) is 0 Å². The highest BCUT2D eigenvalue weighted by Crippen LogP contribution is 2.62. The summed E-state index contributed by atoms with van der Waals surface area (Å²) in [7, 11) is 0. The fourth-order valence-corrected chi connectivity index (χ4v) is 5.59. The quantitative estimate of drug-likeness (QED) is 0.563. The highest BCUT2D eigenvalue weighted by Gasteiger charge is 2.59. The van der Waals surface area contributed by atoms with Gasteiger partial charge in [-0.2, -0.15) is 0 Å². The number of nitrogens with zero attached hydrogens (tertiary/aromatic N) is 2. The van der Waals surface area contributed by atoms with Crippen LogP contribution in [-0.2, 0) is 0 Å². The van der Waals surface area contributed by atoms with Crippen LogP contribution in [0.3, 0.4) is 0 Å². The molecule has 0 saturated heterocycles. The summed E-state index contributed by atoms with van der Waals surface area (Å²) in [5, 5.41) is 4.65. The molecule has 6 heteroatoms. The van der Waals surface area contributed by atoms with Gasteiger partial charge in [-0.05, 0) is 79.5 Å². The second kappa shape index (κ2) is 7.33. The van der Waals surface area contributed by atoms with Crippen molar-refractivity contribution in [2.45, 2.75) is 38.3 Å². The maximum absolute atomic E-state index is 12.6. The number of carbonyl (C=O) groups excluding carboxylic acids is 1. The van der Waals surface area contributed by atoms with Crippen molar-refractivity contribution in [3.05, 3.63) is 64.4 Å². The molecule has 3 aromatic rings. The van der Waals surface area contributed by atoms with Crippen LogP contribution in [0, 0.1) is 17.8 Å². The van der Waals surface area contributed by atoms with Gasteiger partial charge < -0.3 is 9.88 Å². The lowest BCUT2D eigenvalue weighted by Crippen LogP contribution is -2.37. The summed E-state index contributed by atoms with van der Waals surface area (Å²) in [4.78, 5) is 17.2. The van der Waals surface area contributed by atoms with Gasteiger partial charge in [0, 0.05) is 27.7 Å². The Labute approximate surface area is 180 Å². The molecule has 2 saturated carbocycles. The predicted molar refractivity (Wildman–Crippen MR) is 116 cm³/mol. The zero-order chi connectivity index (χ0) is 20.1. The maximum Gasteiger partial charge on any atom is 0.251 e. The molecule has 5 rings (SSSR count). The number of halogens is 2. The first-order valence-corrected chi connectivity index (χ1v) is 11.0. The van der Waals surface area contributed by atoms with Crippen LogP contribution in [-0.4, -0.2) is 21.5 Å². The number of benzene rings is 2. The number of carbonyl (C=O) groups is 1. The van der Waals surface area contributed by atoms with Gasteiger partial charge in [0.25, 0.3) is 5.91 Å². The molecule has 0 spiro atoms. The molecule has 2 aliphatic rings. The van der Waals surface area contributed by atoms with Gasteiger partial charge >= 0.3 is 0 Å². The first kappa shape index (κ1) is 19.0. The number of aromatic nitrogens is 2. The maximum atomic E-state index is 12.6. The Morgan fingerprint density at radius 3 is 2.52 bits per heavy atom. The van der Waals surface area contributed by atoms with E-state index in [-0.39, 0.29) is 11.9 Å². The van der Waals surface area contributed by atoms with Crippen molar-refractivity contribution in [1.82, 2.24) is 14.9 Å². The minimum Gasteiger partial charge on any atom is -0.349 e. The number of hydrogen-bond acceptors (Lipinski definition) is 2. The van der Waals surface area contributed by atoms with Crippen molar-refractivity contribution in [3.8, 4) is 0 Å².